The number of carbonyl (C=O) groups is 1. The molecule has 5 nitrogen and oxygen atoms in total. The number of rotatable bonds is 10. The average Bonchev–Trinajstić information content (AvgIpc) is 2.88. The number of carbonyl (C=O) groups excluding carboxylic acids is 1. The number of likely N-dealkylation sites (tertiary alicyclic amines) is 1. The highest BCUT2D eigenvalue weighted by Gasteiger charge is 2.29. The minimum Gasteiger partial charge on any atom is -0.381 e. The lowest BCUT2D eigenvalue weighted by Gasteiger charge is -2.38. The summed E-state index contributed by atoms with van der Waals surface area (Å²) in [5.41, 5.74) is 4.02. The molecule has 2 saturated heterocycles. The molecular weight excluding hydrogens is 472 g/mol. The van der Waals surface area contributed by atoms with Crippen LogP contribution in [0.2, 0.25) is 0 Å². The number of benzene rings is 1. The van der Waals surface area contributed by atoms with Crippen LogP contribution in [0.3, 0.4) is 0 Å². The zero-order valence-electron chi connectivity index (χ0n) is 23.3. The number of nitrogens with one attached hydrogen (secondary N) is 2. The van der Waals surface area contributed by atoms with Gasteiger partial charge in [0.15, 0.2) is 0 Å². The molecule has 37 heavy (non-hydrogen) atoms. The number of nitrogens with zero attached hydrogens (tertiary/aromatic N) is 1. The van der Waals surface area contributed by atoms with E-state index in [0.29, 0.717) is 35.8 Å². The number of hydrogen-bond acceptors (Lipinski definition) is 4. The van der Waals surface area contributed by atoms with Gasteiger partial charge in [-0.3, -0.25) is 4.79 Å². The Labute approximate surface area is 221 Å². The van der Waals surface area contributed by atoms with Crippen LogP contribution in [-0.2, 0) is 28.4 Å². The topological polar surface area (TPSA) is 53.6 Å². The van der Waals surface area contributed by atoms with Gasteiger partial charge in [0.1, 0.15) is 0 Å². The number of piperidine rings is 1. The lowest BCUT2D eigenvalue weighted by molar-refractivity contribution is -0.128. The van der Waals surface area contributed by atoms with Gasteiger partial charge in [0, 0.05) is 62.1 Å². The Bertz CT molecular complexity index is 978. The standard InChI is InChI=1S/C30H45F2N3O2/c1-7-8-24-9-10-26(30(6,31)32)17-25(24)18-33-23(5)21(3)22(4)29(36)35-14-11-27(12-15-35)34-28-13-16-37-19-20(28)2/h9-10,17,20,27-28,33-34H,5,7-8,11-16,18-19H2,1-4,6H3/b22-21+. The van der Waals surface area contributed by atoms with E-state index in [9.17, 15) is 13.6 Å². The van der Waals surface area contributed by atoms with Crippen molar-refractivity contribution in [1.82, 2.24) is 15.5 Å². The third kappa shape index (κ3) is 7.87. The summed E-state index contributed by atoms with van der Waals surface area (Å²) in [4.78, 5) is 15.2. The summed E-state index contributed by atoms with van der Waals surface area (Å²) < 4.78 is 33.4. The second kappa shape index (κ2) is 13.0. The summed E-state index contributed by atoms with van der Waals surface area (Å²) in [7, 11) is 0. The molecule has 1 aromatic carbocycles. The summed E-state index contributed by atoms with van der Waals surface area (Å²) >= 11 is 0. The van der Waals surface area contributed by atoms with Crippen molar-refractivity contribution in [2.45, 2.75) is 91.3 Å². The highest BCUT2D eigenvalue weighted by atomic mass is 19.3. The Morgan fingerprint density at radius 1 is 1.16 bits per heavy atom. The predicted molar refractivity (Wildman–Crippen MR) is 145 cm³/mol. The van der Waals surface area contributed by atoms with Gasteiger partial charge in [0.25, 0.3) is 5.92 Å². The molecule has 2 aliphatic rings. The maximum Gasteiger partial charge on any atom is 0.270 e. The summed E-state index contributed by atoms with van der Waals surface area (Å²) in [5.74, 6) is -2.34. The van der Waals surface area contributed by atoms with E-state index in [-0.39, 0.29) is 11.5 Å². The van der Waals surface area contributed by atoms with E-state index in [1.165, 1.54) is 6.07 Å². The van der Waals surface area contributed by atoms with Crippen LogP contribution in [0.15, 0.2) is 41.6 Å². The molecule has 7 heteroatoms. The average molecular weight is 518 g/mol. The predicted octanol–water partition coefficient (Wildman–Crippen LogP) is 5.70. The minimum atomic E-state index is -2.89. The fourth-order valence-electron chi connectivity index (χ4n) is 5.21. The molecule has 0 radical (unpaired) electrons. The van der Waals surface area contributed by atoms with Crippen LogP contribution in [0.25, 0.3) is 0 Å². The smallest absolute Gasteiger partial charge is 0.270 e. The Kier molecular flexibility index (Phi) is 10.3. The fraction of sp³-hybridized carbons (Fsp3) is 0.633. The lowest BCUT2D eigenvalue weighted by Crippen LogP contribution is -2.51. The van der Waals surface area contributed by atoms with Crippen molar-refractivity contribution >= 4 is 5.91 Å². The van der Waals surface area contributed by atoms with E-state index < -0.39 is 5.92 Å². The molecular formula is C30H45F2N3O2. The van der Waals surface area contributed by atoms with Crippen molar-refractivity contribution < 1.29 is 18.3 Å². The summed E-state index contributed by atoms with van der Waals surface area (Å²) in [6.07, 6.45) is 4.69. The highest BCUT2D eigenvalue weighted by molar-refractivity contribution is 5.94. The van der Waals surface area contributed by atoms with Gasteiger partial charge in [-0.15, -0.1) is 0 Å². The Balaban J connectivity index is 1.57. The van der Waals surface area contributed by atoms with Crippen molar-refractivity contribution in [2.24, 2.45) is 5.92 Å². The number of aryl methyl sites for hydroxylation is 1. The Morgan fingerprint density at radius 3 is 2.49 bits per heavy atom. The van der Waals surface area contributed by atoms with Gasteiger partial charge in [-0.05, 0) is 68.2 Å². The van der Waals surface area contributed by atoms with Gasteiger partial charge in [0.05, 0.1) is 6.61 Å². The summed E-state index contributed by atoms with van der Waals surface area (Å²) in [6, 6.07) is 5.82. The minimum absolute atomic E-state index is 0.0116. The van der Waals surface area contributed by atoms with Gasteiger partial charge in [-0.2, -0.15) is 0 Å². The number of amides is 1. The molecule has 2 unspecified atom stereocenters. The number of ether oxygens (including phenoxy) is 1. The van der Waals surface area contributed by atoms with Crippen LogP contribution in [0.1, 0.15) is 77.0 Å². The number of hydrogen-bond donors (Lipinski definition) is 2. The third-order valence-corrected chi connectivity index (χ3v) is 7.93. The molecule has 0 aromatic heterocycles. The molecule has 2 heterocycles. The lowest BCUT2D eigenvalue weighted by atomic mass is 9.94. The van der Waals surface area contributed by atoms with Crippen LogP contribution in [0.4, 0.5) is 8.78 Å². The van der Waals surface area contributed by atoms with Gasteiger partial charge >= 0.3 is 0 Å². The Morgan fingerprint density at radius 2 is 1.86 bits per heavy atom. The molecule has 0 saturated carbocycles. The molecule has 3 rings (SSSR count). The molecule has 1 amide bonds. The molecule has 2 N–H and O–H groups in total. The number of alkyl halides is 2. The summed E-state index contributed by atoms with van der Waals surface area (Å²) in [6.45, 7) is 16.6. The molecule has 1 aromatic rings. The number of halogens is 2. The molecule has 0 spiro atoms. The monoisotopic (exact) mass is 517 g/mol. The maximum absolute atomic E-state index is 13.9. The second-order valence-corrected chi connectivity index (χ2v) is 10.9. The first kappa shape index (κ1) is 29.3. The molecule has 2 atom stereocenters. The largest absolute Gasteiger partial charge is 0.381 e. The van der Waals surface area contributed by atoms with Gasteiger partial charge in [-0.25, -0.2) is 8.78 Å². The first-order valence-electron chi connectivity index (χ1n) is 13.7. The van der Waals surface area contributed by atoms with E-state index in [2.05, 4.69) is 31.1 Å². The van der Waals surface area contributed by atoms with Crippen molar-refractivity contribution in [3.8, 4) is 0 Å². The molecule has 2 fully saturated rings. The molecule has 0 bridgehead atoms. The zero-order valence-corrected chi connectivity index (χ0v) is 23.3. The van der Waals surface area contributed by atoms with Crippen LogP contribution < -0.4 is 10.6 Å². The van der Waals surface area contributed by atoms with Gasteiger partial charge in [0.2, 0.25) is 5.91 Å². The van der Waals surface area contributed by atoms with Crippen molar-refractivity contribution in [3.63, 3.8) is 0 Å². The zero-order chi connectivity index (χ0) is 27.2. The van der Waals surface area contributed by atoms with Crippen molar-refractivity contribution in [1.29, 1.82) is 0 Å². The van der Waals surface area contributed by atoms with E-state index in [0.717, 1.165) is 82.0 Å². The van der Waals surface area contributed by atoms with Crippen molar-refractivity contribution in [2.75, 3.05) is 26.3 Å². The normalized spacial score (nSPS) is 22.0. The maximum atomic E-state index is 13.9. The quantitative estimate of drug-likeness (QED) is 0.309. The van der Waals surface area contributed by atoms with Crippen molar-refractivity contribution in [3.05, 3.63) is 58.3 Å². The second-order valence-electron chi connectivity index (χ2n) is 10.9. The van der Waals surface area contributed by atoms with Crippen LogP contribution >= 0.6 is 0 Å². The highest BCUT2D eigenvalue weighted by Crippen LogP contribution is 2.29. The molecule has 2 aliphatic heterocycles. The molecule has 0 aliphatic carbocycles. The van der Waals surface area contributed by atoms with Crippen LogP contribution in [-0.4, -0.2) is 49.2 Å². The first-order valence-corrected chi connectivity index (χ1v) is 13.7. The van der Waals surface area contributed by atoms with Gasteiger partial charge < -0.3 is 20.3 Å². The summed E-state index contributed by atoms with van der Waals surface area (Å²) in [5, 5.41) is 7.08. The Hall–Kier alpha value is -2.25. The first-order chi connectivity index (χ1) is 17.5. The van der Waals surface area contributed by atoms with Crippen LogP contribution in [0, 0.1) is 5.92 Å². The van der Waals surface area contributed by atoms with E-state index >= 15 is 0 Å². The van der Waals surface area contributed by atoms with Gasteiger partial charge in [-0.1, -0.05) is 39.0 Å². The number of allylic oxidation sites excluding steroid dienone is 1. The van der Waals surface area contributed by atoms with Crippen LogP contribution in [0.5, 0.6) is 0 Å². The SMILES string of the molecule is C=C(NCc1cc(C(C)(F)F)ccc1CCC)/C(C)=C(\C)C(=O)N1CCC(NC2CCOCC2C)CC1. The third-order valence-electron chi connectivity index (χ3n) is 7.93. The fourth-order valence-corrected chi connectivity index (χ4v) is 5.21. The molecule has 206 valence electrons. The van der Waals surface area contributed by atoms with E-state index in [1.54, 1.807) is 12.1 Å². The van der Waals surface area contributed by atoms with E-state index in [1.807, 2.05) is 18.7 Å². The van der Waals surface area contributed by atoms with E-state index in [4.69, 9.17) is 4.74 Å².